The van der Waals surface area contributed by atoms with E-state index < -0.39 is 0 Å². The van der Waals surface area contributed by atoms with Crippen LogP contribution in [0.25, 0.3) is 11.4 Å². The normalized spacial score (nSPS) is 18.0. The first-order valence-electron chi connectivity index (χ1n) is 6.86. The number of nitrogens with one attached hydrogen (secondary N) is 1. The van der Waals surface area contributed by atoms with Gasteiger partial charge in [-0.2, -0.15) is 4.98 Å². The highest BCUT2D eigenvalue weighted by molar-refractivity contribution is 5.62. The van der Waals surface area contributed by atoms with Crippen molar-refractivity contribution in [3.8, 4) is 22.9 Å². The van der Waals surface area contributed by atoms with E-state index in [2.05, 4.69) is 20.1 Å². The Morgan fingerprint density at radius 2 is 1.95 bits per heavy atom. The molecule has 0 saturated carbocycles. The molecule has 1 unspecified atom stereocenters. The third-order valence-electron chi connectivity index (χ3n) is 3.61. The van der Waals surface area contributed by atoms with Crippen molar-refractivity contribution in [2.24, 2.45) is 5.73 Å². The minimum atomic E-state index is 0.198. The lowest BCUT2D eigenvalue weighted by molar-refractivity contribution is 0.394. The number of nitrogens with zero attached hydrogens (tertiary/aromatic N) is 3. The zero-order valence-electron chi connectivity index (χ0n) is 12.2. The Balaban J connectivity index is 1.89. The van der Waals surface area contributed by atoms with Crippen molar-refractivity contribution in [3.05, 3.63) is 18.2 Å². The topological polar surface area (TPSA) is 89.3 Å². The van der Waals surface area contributed by atoms with Crippen LogP contribution in [0.15, 0.2) is 18.2 Å². The van der Waals surface area contributed by atoms with Gasteiger partial charge in [0.05, 0.1) is 14.2 Å². The van der Waals surface area contributed by atoms with Crippen LogP contribution in [0.4, 0.5) is 5.95 Å². The summed E-state index contributed by atoms with van der Waals surface area (Å²) in [4.78, 5) is 6.63. The van der Waals surface area contributed by atoms with Crippen LogP contribution in [0.5, 0.6) is 11.5 Å². The number of aromatic nitrogens is 3. The van der Waals surface area contributed by atoms with Gasteiger partial charge in [0, 0.05) is 30.8 Å². The van der Waals surface area contributed by atoms with E-state index in [1.54, 1.807) is 14.2 Å². The van der Waals surface area contributed by atoms with Gasteiger partial charge in [-0.05, 0) is 18.6 Å². The maximum absolute atomic E-state index is 5.92. The Hall–Kier alpha value is -2.28. The van der Waals surface area contributed by atoms with Crippen LogP contribution in [0.2, 0.25) is 0 Å². The Kier molecular flexibility index (Phi) is 3.66. The molecule has 1 aromatic carbocycles. The van der Waals surface area contributed by atoms with Gasteiger partial charge in [0.15, 0.2) is 5.82 Å². The fraction of sp³-hybridized carbons (Fsp3) is 0.429. The number of benzene rings is 1. The third kappa shape index (κ3) is 2.78. The van der Waals surface area contributed by atoms with Gasteiger partial charge >= 0.3 is 0 Å². The van der Waals surface area contributed by atoms with Gasteiger partial charge in [0.2, 0.25) is 5.95 Å². The zero-order chi connectivity index (χ0) is 14.8. The number of ether oxygens (including phenoxy) is 2. The van der Waals surface area contributed by atoms with Gasteiger partial charge in [0.1, 0.15) is 11.5 Å². The predicted octanol–water partition coefficient (Wildman–Crippen LogP) is 1.03. The Bertz CT molecular complexity index is 605. The van der Waals surface area contributed by atoms with Crippen LogP contribution in [0.3, 0.4) is 0 Å². The second-order valence-corrected chi connectivity index (χ2v) is 5.08. The van der Waals surface area contributed by atoms with Crippen molar-refractivity contribution in [1.29, 1.82) is 0 Å². The van der Waals surface area contributed by atoms with Crippen molar-refractivity contribution in [3.63, 3.8) is 0 Å². The van der Waals surface area contributed by atoms with Gasteiger partial charge in [-0.1, -0.05) is 0 Å². The number of hydrogen-bond acceptors (Lipinski definition) is 6. The van der Waals surface area contributed by atoms with Gasteiger partial charge in [-0.25, -0.2) is 0 Å². The molecule has 112 valence electrons. The number of nitrogens with two attached hydrogens (primary N) is 1. The van der Waals surface area contributed by atoms with Crippen molar-refractivity contribution in [2.75, 3.05) is 32.2 Å². The van der Waals surface area contributed by atoms with Crippen LogP contribution in [0.1, 0.15) is 6.42 Å². The van der Waals surface area contributed by atoms with E-state index in [4.69, 9.17) is 15.2 Å². The fourth-order valence-electron chi connectivity index (χ4n) is 2.44. The summed E-state index contributed by atoms with van der Waals surface area (Å²) in [6, 6.07) is 5.80. The highest BCUT2D eigenvalue weighted by Gasteiger charge is 2.22. The molecule has 21 heavy (non-hydrogen) atoms. The molecule has 1 aliphatic rings. The summed E-state index contributed by atoms with van der Waals surface area (Å²) in [5.41, 5.74) is 6.78. The molecule has 1 atom stereocenters. The van der Waals surface area contributed by atoms with Crippen LogP contribution < -0.4 is 20.1 Å². The molecule has 7 heteroatoms. The molecule has 0 radical (unpaired) electrons. The van der Waals surface area contributed by atoms with Gasteiger partial charge in [-0.15, -0.1) is 5.10 Å². The van der Waals surface area contributed by atoms with E-state index in [0.29, 0.717) is 23.3 Å². The maximum Gasteiger partial charge on any atom is 0.245 e. The molecule has 1 fully saturated rings. The molecule has 2 heterocycles. The largest absolute Gasteiger partial charge is 0.497 e. The summed E-state index contributed by atoms with van der Waals surface area (Å²) in [7, 11) is 3.24. The summed E-state index contributed by atoms with van der Waals surface area (Å²) >= 11 is 0. The van der Waals surface area contributed by atoms with Crippen molar-refractivity contribution in [2.45, 2.75) is 12.5 Å². The summed E-state index contributed by atoms with van der Waals surface area (Å²) < 4.78 is 10.5. The molecule has 1 saturated heterocycles. The molecule has 3 rings (SSSR count). The standard InChI is InChI=1S/C14H19N5O2/c1-20-11-5-9(6-12(7-11)21-2)13-16-14(18-17-13)19-4-3-10(15)8-19/h5-7,10H,3-4,8,15H2,1-2H3,(H,16,17,18). The predicted molar refractivity (Wildman–Crippen MR) is 79.7 cm³/mol. The third-order valence-corrected chi connectivity index (χ3v) is 3.61. The highest BCUT2D eigenvalue weighted by atomic mass is 16.5. The molecule has 0 bridgehead atoms. The minimum Gasteiger partial charge on any atom is -0.497 e. The minimum absolute atomic E-state index is 0.198. The van der Waals surface area contributed by atoms with E-state index >= 15 is 0 Å². The Labute approximate surface area is 123 Å². The smallest absolute Gasteiger partial charge is 0.245 e. The van der Waals surface area contributed by atoms with E-state index in [1.165, 1.54) is 0 Å². The number of methoxy groups -OCH3 is 2. The Morgan fingerprint density at radius 1 is 1.24 bits per heavy atom. The SMILES string of the molecule is COc1cc(OC)cc(-c2nc(N3CCC(N)C3)n[nH]2)c1. The second-order valence-electron chi connectivity index (χ2n) is 5.08. The lowest BCUT2D eigenvalue weighted by atomic mass is 10.2. The summed E-state index contributed by atoms with van der Waals surface area (Å²) in [6.45, 7) is 1.68. The number of anilines is 1. The van der Waals surface area contributed by atoms with E-state index in [-0.39, 0.29) is 6.04 Å². The molecule has 3 N–H and O–H groups in total. The molecular weight excluding hydrogens is 270 g/mol. The summed E-state index contributed by atoms with van der Waals surface area (Å²) in [5, 5.41) is 7.23. The number of aromatic amines is 1. The lowest BCUT2D eigenvalue weighted by Gasteiger charge is -2.11. The Morgan fingerprint density at radius 3 is 2.52 bits per heavy atom. The van der Waals surface area contributed by atoms with Crippen molar-refractivity contribution in [1.82, 2.24) is 15.2 Å². The maximum atomic E-state index is 5.92. The molecule has 0 aliphatic carbocycles. The van der Waals surface area contributed by atoms with E-state index in [1.807, 2.05) is 18.2 Å². The molecule has 1 aliphatic heterocycles. The zero-order valence-corrected chi connectivity index (χ0v) is 12.2. The van der Waals surface area contributed by atoms with Gasteiger partial charge in [-0.3, -0.25) is 5.10 Å². The van der Waals surface area contributed by atoms with E-state index in [0.717, 1.165) is 25.1 Å². The molecular formula is C14H19N5O2. The molecule has 7 nitrogen and oxygen atoms in total. The fourth-order valence-corrected chi connectivity index (χ4v) is 2.44. The molecule has 1 aromatic heterocycles. The van der Waals surface area contributed by atoms with Crippen LogP contribution >= 0.6 is 0 Å². The second kappa shape index (κ2) is 5.61. The molecule has 2 aromatic rings. The molecule has 0 amide bonds. The summed E-state index contributed by atoms with van der Waals surface area (Å²) in [6.07, 6.45) is 0.969. The lowest BCUT2D eigenvalue weighted by Crippen LogP contribution is -2.26. The average molecular weight is 289 g/mol. The number of H-pyrrole nitrogens is 1. The first-order valence-corrected chi connectivity index (χ1v) is 6.86. The number of rotatable bonds is 4. The monoisotopic (exact) mass is 289 g/mol. The van der Waals surface area contributed by atoms with Crippen molar-refractivity contribution >= 4 is 5.95 Å². The van der Waals surface area contributed by atoms with Crippen LogP contribution in [-0.4, -0.2) is 48.5 Å². The van der Waals surface area contributed by atoms with Gasteiger partial charge in [0.25, 0.3) is 0 Å². The van der Waals surface area contributed by atoms with Crippen LogP contribution in [-0.2, 0) is 0 Å². The quantitative estimate of drug-likeness (QED) is 0.873. The first-order chi connectivity index (χ1) is 10.2. The average Bonchev–Trinajstić information content (AvgIpc) is 3.15. The highest BCUT2D eigenvalue weighted by Crippen LogP contribution is 2.28. The van der Waals surface area contributed by atoms with Gasteiger partial charge < -0.3 is 20.1 Å². The first kappa shape index (κ1) is 13.7. The van der Waals surface area contributed by atoms with E-state index in [9.17, 15) is 0 Å². The molecule has 0 spiro atoms. The van der Waals surface area contributed by atoms with Crippen molar-refractivity contribution < 1.29 is 9.47 Å². The number of hydrogen-bond donors (Lipinski definition) is 2. The summed E-state index contributed by atoms with van der Waals surface area (Å²) in [5.74, 6) is 2.79. The van der Waals surface area contributed by atoms with Crippen LogP contribution in [0, 0.1) is 0 Å².